The van der Waals surface area contributed by atoms with Gasteiger partial charge in [-0.15, -0.1) is 0 Å². The van der Waals surface area contributed by atoms with Crippen molar-refractivity contribution in [1.82, 2.24) is 0 Å². The molecule has 8 aromatic rings. The van der Waals surface area contributed by atoms with Gasteiger partial charge in [-0.3, -0.25) is 13.8 Å². The summed E-state index contributed by atoms with van der Waals surface area (Å²) in [7, 11) is -13.0. The first-order chi connectivity index (χ1) is 33.0. The standard InChI is InChI=1S/C25H21N3O6S2.C25H21N3O4S/c29-25(26-19-9-3-1-4-10-19)27-20-11-7-8-18(16-20)23-17-21(14-15-24(23)36(32,33)34)28-35(30,31)22-12-5-2-6-13-22;29-25(27-20-9-5-2-6-10-20)28-21-13-11-18(12-14-21)23-17-22(15-16-24(23)33(30,31)32)26-19-7-3-1-4-8-19/h1-17,28H,(H2,26,27,29)(H,32,33,34);1-17,26H,(H2,27,28,29)(H,30,31,32). The molecule has 69 heavy (non-hydrogen) atoms. The molecule has 19 heteroatoms. The zero-order chi connectivity index (χ0) is 49.0. The average Bonchev–Trinajstić information content (AvgIpc) is 3.32. The van der Waals surface area contributed by atoms with Gasteiger partial charge in [-0.1, -0.05) is 97.1 Å². The summed E-state index contributed by atoms with van der Waals surface area (Å²) in [6.07, 6.45) is 0. The summed E-state index contributed by atoms with van der Waals surface area (Å²) in [5.74, 6) is 0. The molecule has 0 radical (unpaired) electrons. The van der Waals surface area contributed by atoms with Crippen LogP contribution < -0.4 is 31.3 Å². The number of anilines is 7. The van der Waals surface area contributed by atoms with Crippen molar-refractivity contribution in [3.05, 3.63) is 206 Å². The second kappa shape index (κ2) is 21.5. The second-order valence-corrected chi connectivity index (χ2v) is 19.3. The van der Waals surface area contributed by atoms with Gasteiger partial charge in [0, 0.05) is 50.9 Å². The van der Waals surface area contributed by atoms with E-state index in [1.54, 1.807) is 109 Å². The number of carbonyl (C=O) groups excluding carboxylic acids is 2. The molecule has 0 atom stereocenters. The molecule has 0 bridgehead atoms. The highest BCUT2D eigenvalue weighted by atomic mass is 32.2. The molecule has 0 heterocycles. The van der Waals surface area contributed by atoms with Gasteiger partial charge in [0.2, 0.25) is 0 Å². The Hall–Kier alpha value is -8.33. The topological polar surface area (TPSA) is 249 Å². The smallest absolute Gasteiger partial charge is 0.323 e. The Balaban J connectivity index is 0.000000205. The number of urea groups is 2. The molecule has 4 amide bonds. The molecule has 8 aromatic carbocycles. The van der Waals surface area contributed by atoms with Crippen LogP contribution >= 0.6 is 0 Å². The summed E-state index contributed by atoms with van der Waals surface area (Å²) < 4.78 is 95.3. The first kappa shape index (κ1) is 48.6. The highest BCUT2D eigenvalue weighted by molar-refractivity contribution is 7.92. The predicted molar refractivity (Wildman–Crippen MR) is 269 cm³/mol. The van der Waals surface area contributed by atoms with E-state index in [-0.39, 0.29) is 21.0 Å². The van der Waals surface area contributed by atoms with Gasteiger partial charge in [0.1, 0.15) is 9.79 Å². The van der Waals surface area contributed by atoms with Crippen molar-refractivity contribution < 1.29 is 43.9 Å². The van der Waals surface area contributed by atoms with Crippen LogP contribution in [0.4, 0.5) is 49.4 Å². The minimum Gasteiger partial charge on any atom is -0.356 e. The first-order valence-electron chi connectivity index (χ1n) is 20.6. The van der Waals surface area contributed by atoms with Crippen LogP contribution in [0.1, 0.15) is 0 Å². The maximum atomic E-state index is 12.7. The van der Waals surface area contributed by atoms with Crippen LogP contribution in [-0.4, -0.2) is 46.4 Å². The largest absolute Gasteiger partial charge is 0.356 e. The Labute approximate surface area is 398 Å². The number of nitrogens with one attached hydrogen (secondary N) is 6. The van der Waals surface area contributed by atoms with Gasteiger partial charge in [-0.2, -0.15) is 16.8 Å². The van der Waals surface area contributed by atoms with Crippen molar-refractivity contribution in [2.75, 3.05) is 31.3 Å². The Bertz CT molecular complexity index is 3430. The van der Waals surface area contributed by atoms with Crippen LogP contribution in [0, 0.1) is 0 Å². The van der Waals surface area contributed by atoms with E-state index in [1.807, 2.05) is 54.6 Å². The van der Waals surface area contributed by atoms with Gasteiger partial charge in [-0.05, 0) is 120 Å². The monoisotopic (exact) mass is 982 g/mol. The van der Waals surface area contributed by atoms with Crippen LogP contribution in [0.3, 0.4) is 0 Å². The molecule has 0 fully saturated rings. The van der Waals surface area contributed by atoms with Gasteiger partial charge in [0.05, 0.1) is 4.90 Å². The van der Waals surface area contributed by atoms with E-state index >= 15 is 0 Å². The molecule has 0 aliphatic rings. The van der Waals surface area contributed by atoms with Gasteiger partial charge < -0.3 is 26.6 Å². The molecule has 350 valence electrons. The van der Waals surface area contributed by atoms with E-state index in [4.69, 9.17) is 0 Å². The third kappa shape index (κ3) is 13.6. The molecule has 0 saturated heterocycles. The zero-order valence-corrected chi connectivity index (χ0v) is 38.5. The Morgan fingerprint density at radius 2 is 0.739 bits per heavy atom. The van der Waals surface area contributed by atoms with E-state index in [2.05, 4.69) is 31.3 Å². The van der Waals surface area contributed by atoms with Crippen molar-refractivity contribution in [3.8, 4) is 22.3 Å². The zero-order valence-electron chi connectivity index (χ0n) is 36.0. The lowest BCUT2D eigenvalue weighted by molar-refractivity contribution is 0.261. The van der Waals surface area contributed by atoms with Crippen LogP contribution in [0.5, 0.6) is 0 Å². The fraction of sp³-hybridized carbons (Fsp3) is 0. The molecule has 16 nitrogen and oxygen atoms in total. The molecular formula is C50H42N6O10S3. The number of sulfonamides is 1. The molecule has 0 aromatic heterocycles. The molecule has 0 saturated carbocycles. The fourth-order valence-electron chi connectivity index (χ4n) is 6.73. The number of rotatable bonds is 13. The molecular weight excluding hydrogens is 941 g/mol. The van der Waals surface area contributed by atoms with Crippen LogP contribution in [0.25, 0.3) is 22.3 Å². The van der Waals surface area contributed by atoms with Crippen molar-refractivity contribution in [3.63, 3.8) is 0 Å². The summed E-state index contributed by atoms with van der Waals surface area (Å²) in [6, 6.07) is 55.2. The van der Waals surface area contributed by atoms with Crippen molar-refractivity contribution in [1.29, 1.82) is 0 Å². The number of para-hydroxylation sites is 3. The first-order valence-corrected chi connectivity index (χ1v) is 25.0. The number of carbonyl (C=O) groups is 2. The molecule has 0 aliphatic carbocycles. The number of hydrogen-bond acceptors (Lipinski definition) is 9. The highest BCUT2D eigenvalue weighted by Crippen LogP contribution is 2.34. The minimum atomic E-state index is -4.65. The highest BCUT2D eigenvalue weighted by Gasteiger charge is 2.21. The lowest BCUT2D eigenvalue weighted by Gasteiger charge is -2.14. The lowest BCUT2D eigenvalue weighted by Crippen LogP contribution is -2.19. The lowest BCUT2D eigenvalue weighted by atomic mass is 10.0. The maximum absolute atomic E-state index is 12.7. The summed E-state index contributed by atoms with van der Waals surface area (Å²) >= 11 is 0. The van der Waals surface area contributed by atoms with Crippen LogP contribution in [-0.2, 0) is 30.3 Å². The van der Waals surface area contributed by atoms with E-state index in [1.165, 1.54) is 36.4 Å². The van der Waals surface area contributed by atoms with Gasteiger partial charge in [0.25, 0.3) is 30.3 Å². The molecule has 0 unspecified atom stereocenters. The summed E-state index contributed by atoms with van der Waals surface area (Å²) in [4.78, 5) is 24.0. The van der Waals surface area contributed by atoms with E-state index < -0.39 is 47.2 Å². The Morgan fingerprint density at radius 1 is 0.348 bits per heavy atom. The summed E-state index contributed by atoms with van der Waals surface area (Å²) in [5.41, 5.74) is 4.95. The predicted octanol–water partition coefficient (Wildman–Crippen LogP) is 11.0. The van der Waals surface area contributed by atoms with E-state index in [0.717, 1.165) is 11.8 Å². The SMILES string of the molecule is O=C(Nc1ccccc1)Nc1ccc(-c2cc(Nc3ccccc3)ccc2S(=O)(=O)O)cc1.O=C(Nc1ccccc1)Nc1cccc(-c2cc(NS(=O)(=O)c3ccccc3)ccc2S(=O)(=O)O)c1. The average molecular weight is 983 g/mol. The quantitative estimate of drug-likeness (QED) is 0.0505. The second-order valence-electron chi connectivity index (χ2n) is 14.8. The molecule has 8 rings (SSSR count). The third-order valence-corrected chi connectivity index (χ3v) is 13.1. The van der Waals surface area contributed by atoms with Crippen molar-refractivity contribution in [2.24, 2.45) is 0 Å². The molecule has 8 N–H and O–H groups in total. The van der Waals surface area contributed by atoms with Crippen LogP contribution in [0.15, 0.2) is 221 Å². The summed E-state index contributed by atoms with van der Waals surface area (Å²) in [5, 5.41) is 14.0. The molecule has 0 aliphatic heterocycles. The Kier molecular flexibility index (Phi) is 15.2. The maximum Gasteiger partial charge on any atom is 0.323 e. The van der Waals surface area contributed by atoms with E-state index in [0.29, 0.717) is 45.1 Å². The van der Waals surface area contributed by atoms with Crippen molar-refractivity contribution >= 4 is 82.1 Å². The van der Waals surface area contributed by atoms with E-state index in [9.17, 15) is 43.9 Å². The fourth-order valence-corrected chi connectivity index (χ4v) is 9.19. The molecule has 0 spiro atoms. The van der Waals surface area contributed by atoms with Crippen molar-refractivity contribution in [2.45, 2.75) is 14.7 Å². The number of amides is 4. The Morgan fingerprint density at radius 3 is 1.25 bits per heavy atom. The van der Waals surface area contributed by atoms with Gasteiger partial charge in [0.15, 0.2) is 0 Å². The van der Waals surface area contributed by atoms with Gasteiger partial charge >= 0.3 is 12.1 Å². The number of benzene rings is 8. The number of hydrogen-bond donors (Lipinski definition) is 8. The van der Waals surface area contributed by atoms with Crippen LogP contribution in [0.2, 0.25) is 0 Å². The van der Waals surface area contributed by atoms with Gasteiger partial charge in [-0.25, -0.2) is 18.0 Å². The normalized spacial score (nSPS) is 11.2. The summed E-state index contributed by atoms with van der Waals surface area (Å²) in [6.45, 7) is 0. The minimum absolute atomic E-state index is 0.0287. The third-order valence-electron chi connectivity index (χ3n) is 9.83.